The molecule has 0 saturated heterocycles. The van der Waals surface area contributed by atoms with Crippen molar-refractivity contribution in [3.8, 4) is 0 Å². The molecule has 1 N–H and O–H groups in total. The van der Waals surface area contributed by atoms with Crippen molar-refractivity contribution >= 4 is 45.9 Å². The average Bonchev–Trinajstić information content (AvgIpc) is 2.77. The number of benzene rings is 3. The van der Waals surface area contributed by atoms with Crippen LogP contribution in [-0.4, -0.2) is 21.2 Å². The van der Waals surface area contributed by atoms with Crippen molar-refractivity contribution in [3.05, 3.63) is 99.8 Å². The van der Waals surface area contributed by atoms with Gasteiger partial charge in [-0.05, 0) is 42.0 Å². The number of amides is 1. The van der Waals surface area contributed by atoms with Crippen molar-refractivity contribution in [2.24, 2.45) is 0 Å². The highest BCUT2D eigenvalue weighted by molar-refractivity contribution is 7.99. The second-order valence-electron chi connectivity index (χ2n) is 6.63. The monoisotopic (exact) mass is 435 g/mol. The van der Waals surface area contributed by atoms with Crippen molar-refractivity contribution in [2.45, 2.75) is 11.7 Å². The maximum absolute atomic E-state index is 13.1. The highest BCUT2D eigenvalue weighted by Crippen LogP contribution is 2.20. The molecule has 5 nitrogen and oxygen atoms in total. The Morgan fingerprint density at radius 3 is 2.43 bits per heavy atom. The number of nitrogens with one attached hydrogen (secondary N) is 1. The first-order chi connectivity index (χ1) is 14.6. The minimum atomic E-state index is -0.184. The van der Waals surface area contributed by atoms with Gasteiger partial charge in [0.05, 0.1) is 23.2 Å². The normalized spacial score (nSPS) is 10.8. The highest BCUT2D eigenvalue weighted by Gasteiger charge is 2.14. The zero-order valence-electron chi connectivity index (χ0n) is 15.9. The summed E-state index contributed by atoms with van der Waals surface area (Å²) in [4.78, 5) is 30.2. The quantitative estimate of drug-likeness (QED) is 0.348. The van der Waals surface area contributed by atoms with Crippen molar-refractivity contribution in [2.75, 3.05) is 11.1 Å². The number of aromatic nitrogens is 2. The fourth-order valence-electron chi connectivity index (χ4n) is 3.02. The van der Waals surface area contributed by atoms with E-state index in [0.717, 1.165) is 5.56 Å². The minimum absolute atomic E-state index is 0.120. The predicted molar refractivity (Wildman–Crippen MR) is 122 cm³/mol. The van der Waals surface area contributed by atoms with E-state index in [0.29, 0.717) is 33.3 Å². The van der Waals surface area contributed by atoms with Crippen LogP contribution in [0.25, 0.3) is 10.9 Å². The Morgan fingerprint density at radius 1 is 0.967 bits per heavy atom. The Kier molecular flexibility index (Phi) is 6.16. The summed E-state index contributed by atoms with van der Waals surface area (Å²) in [5.41, 5.74) is 2.15. The second-order valence-corrected chi connectivity index (χ2v) is 8.01. The lowest BCUT2D eigenvalue weighted by molar-refractivity contribution is -0.113. The number of rotatable bonds is 6. The van der Waals surface area contributed by atoms with Gasteiger partial charge in [-0.25, -0.2) is 4.98 Å². The molecule has 150 valence electrons. The fourth-order valence-corrected chi connectivity index (χ4v) is 3.95. The Bertz CT molecular complexity index is 1240. The van der Waals surface area contributed by atoms with E-state index in [9.17, 15) is 9.59 Å². The van der Waals surface area contributed by atoms with Crippen LogP contribution in [0.15, 0.2) is 88.8 Å². The van der Waals surface area contributed by atoms with Crippen LogP contribution >= 0.6 is 23.4 Å². The maximum Gasteiger partial charge on any atom is 0.262 e. The number of hydrogen-bond acceptors (Lipinski definition) is 4. The third kappa shape index (κ3) is 4.72. The summed E-state index contributed by atoms with van der Waals surface area (Å²) in [6.45, 7) is 0.388. The second kappa shape index (κ2) is 9.15. The summed E-state index contributed by atoms with van der Waals surface area (Å²) in [5.74, 6) is -0.0571. The van der Waals surface area contributed by atoms with E-state index in [1.54, 1.807) is 41.0 Å². The summed E-state index contributed by atoms with van der Waals surface area (Å²) in [6.07, 6.45) is 0. The molecule has 0 aliphatic heterocycles. The molecule has 0 radical (unpaired) electrons. The van der Waals surface area contributed by atoms with Crippen molar-refractivity contribution in [1.29, 1.82) is 0 Å². The van der Waals surface area contributed by atoms with Gasteiger partial charge in [-0.15, -0.1) is 0 Å². The van der Waals surface area contributed by atoms with Gasteiger partial charge in [0.2, 0.25) is 5.91 Å². The van der Waals surface area contributed by atoms with Crippen molar-refractivity contribution in [1.82, 2.24) is 9.55 Å². The summed E-state index contributed by atoms with van der Waals surface area (Å²) < 4.78 is 1.62. The van der Waals surface area contributed by atoms with Gasteiger partial charge in [0.15, 0.2) is 5.16 Å². The molecule has 0 aliphatic rings. The van der Waals surface area contributed by atoms with E-state index in [4.69, 9.17) is 11.6 Å². The molecule has 0 aliphatic carbocycles. The first-order valence-electron chi connectivity index (χ1n) is 9.32. The molecule has 30 heavy (non-hydrogen) atoms. The molecule has 1 aromatic heterocycles. The molecule has 0 spiro atoms. The van der Waals surface area contributed by atoms with Gasteiger partial charge >= 0.3 is 0 Å². The Hall–Kier alpha value is -3.09. The van der Waals surface area contributed by atoms with E-state index in [2.05, 4.69) is 10.3 Å². The van der Waals surface area contributed by atoms with E-state index in [1.807, 2.05) is 42.5 Å². The van der Waals surface area contributed by atoms with Gasteiger partial charge in [0, 0.05) is 10.7 Å². The summed E-state index contributed by atoms with van der Waals surface area (Å²) >= 11 is 7.12. The highest BCUT2D eigenvalue weighted by atomic mass is 35.5. The molecule has 1 amide bonds. The molecule has 0 saturated carbocycles. The van der Waals surface area contributed by atoms with Gasteiger partial charge < -0.3 is 5.32 Å². The number of halogens is 1. The van der Waals surface area contributed by atoms with Crippen LogP contribution in [0.5, 0.6) is 0 Å². The van der Waals surface area contributed by atoms with Gasteiger partial charge in [-0.2, -0.15) is 0 Å². The molecule has 1 heterocycles. The maximum atomic E-state index is 13.1. The van der Waals surface area contributed by atoms with Gasteiger partial charge in [-0.3, -0.25) is 14.2 Å². The molecule has 4 aromatic rings. The molecular formula is C23H18ClN3O2S. The summed E-state index contributed by atoms with van der Waals surface area (Å²) in [6, 6.07) is 23.9. The lowest BCUT2D eigenvalue weighted by atomic mass is 10.2. The summed E-state index contributed by atoms with van der Waals surface area (Å²) in [5, 5.41) is 4.50. The molecule has 0 fully saturated rings. The molecule has 4 rings (SSSR count). The van der Waals surface area contributed by atoms with Gasteiger partial charge in [0.25, 0.3) is 5.56 Å². The van der Waals surface area contributed by atoms with Gasteiger partial charge in [0.1, 0.15) is 0 Å². The lowest BCUT2D eigenvalue weighted by Crippen LogP contribution is -2.24. The third-order valence-electron chi connectivity index (χ3n) is 4.47. The van der Waals surface area contributed by atoms with Gasteiger partial charge in [-0.1, -0.05) is 65.8 Å². The standard InChI is InChI=1S/C23H18ClN3O2S/c24-17-10-12-18(13-11-17)25-21(28)15-30-23-26-20-9-5-4-8-19(20)22(29)27(23)14-16-6-2-1-3-7-16/h1-13H,14-15H2,(H,25,28). The Balaban J connectivity index is 1.60. The fraction of sp³-hybridized carbons (Fsp3) is 0.0870. The van der Waals surface area contributed by atoms with E-state index >= 15 is 0 Å². The van der Waals surface area contributed by atoms with Crippen molar-refractivity contribution in [3.63, 3.8) is 0 Å². The Labute approximate surface area is 182 Å². The van der Waals surface area contributed by atoms with Crippen LogP contribution in [0.1, 0.15) is 5.56 Å². The SMILES string of the molecule is O=C(CSc1nc2ccccc2c(=O)n1Cc1ccccc1)Nc1ccc(Cl)cc1. The number of carbonyl (C=O) groups excluding carboxylic acids is 1. The van der Waals surface area contributed by atoms with Crippen molar-refractivity contribution < 1.29 is 4.79 Å². The molecule has 7 heteroatoms. The lowest BCUT2D eigenvalue weighted by Gasteiger charge is -2.13. The number of carbonyl (C=O) groups is 1. The van der Waals surface area contributed by atoms with Crippen LogP contribution in [0, 0.1) is 0 Å². The Morgan fingerprint density at radius 2 is 1.67 bits per heavy atom. The number of hydrogen-bond donors (Lipinski definition) is 1. The first kappa shape index (κ1) is 20.2. The van der Waals surface area contributed by atoms with Crippen LogP contribution < -0.4 is 10.9 Å². The molecule has 0 bridgehead atoms. The number of thioether (sulfide) groups is 1. The minimum Gasteiger partial charge on any atom is -0.325 e. The first-order valence-corrected chi connectivity index (χ1v) is 10.7. The van der Waals surface area contributed by atoms with E-state index in [1.165, 1.54) is 11.8 Å². The van der Waals surface area contributed by atoms with Crippen LogP contribution in [0.3, 0.4) is 0 Å². The van der Waals surface area contributed by atoms with E-state index in [-0.39, 0.29) is 17.2 Å². The zero-order valence-corrected chi connectivity index (χ0v) is 17.5. The smallest absolute Gasteiger partial charge is 0.262 e. The zero-order chi connectivity index (χ0) is 20.9. The number of anilines is 1. The van der Waals surface area contributed by atoms with Crippen LogP contribution in [-0.2, 0) is 11.3 Å². The molecule has 0 atom stereocenters. The largest absolute Gasteiger partial charge is 0.325 e. The average molecular weight is 436 g/mol. The number of fused-ring (bicyclic) bond motifs is 1. The van der Waals surface area contributed by atoms with Crippen LogP contribution in [0.4, 0.5) is 5.69 Å². The number of para-hydroxylation sites is 1. The predicted octanol–water partition coefficient (Wildman–Crippen LogP) is 4.83. The topological polar surface area (TPSA) is 64.0 Å². The summed E-state index contributed by atoms with van der Waals surface area (Å²) in [7, 11) is 0. The third-order valence-corrected chi connectivity index (χ3v) is 5.70. The van der Waals surface area contributed by atoms with E-state index < -0.39 is 0 Å². The molecule has 3 aromatic carbocycles. The molecule has 0 unspecified atom stereocenters. The number of nitrogens with zero attached hydrogens (tertiary/aromatic N) is 2. The molecular weight excluding hydrogens is 418 g/mol. The van der Waals surface area contributed by atoms with Crippen LogP contribution in [0.2, 0.25) is 5.02 Å².